The first-order valence-corrected chi connectivity index (χ1v) is 13.7. The zero-order chi connectivity index (χ0) is 26.1. The molecule has 3 aromatic carbocycles. The Bertz CT molecular complexity index is 1410. The molecule has 6 heteroatoms. The minimum Gasteiger partial charge on any atom is -0.369 e. The number of piperazine rings is 1. The Labute approximate surface area is 229 Å². The Balaban J connectivity index is 1.32. The van der Waals surface area contributed by atoms with E-state index in [2.05, 4.69) is 75.0 Å². The number of amides is 1. The third kappa shape index (κ3) is 4.84. The van der Waals surface area contributed by atoms with Crippen molar-refractivity contribution in [3.63, 3.8) is 0 Å². The zero-order valence-electron chi connectivity index (χ0n) is 21.7. The maximum atomic E-state index is 14.0. The molecule has 0 N–H and O–H groups in total. The summed E-state index contributed by atoms with van der Waals surface area (Å²) in [5.74, 6) is 0.275. The number of hydrogen-bond acceptors (Lipinski definition) is 3. The van der Waals surface area contributed by atoms with Crippen LogP contribution < -0.4 is 4.90 Å². The second kappa shape index (κ2) is 10.7. The highest BCUT2D eigenvalue weighted by Gasteiger charge is 2.42. The number of anilines is 1. The second-order valence-electron chi connectivity index (χ2n) is 10.4. The molecule has 0 bridgehead atoms. The number of nitrogens with zero attached hydrogens (tertiary/aromatic N) is 4. The fourth-order valence-electron chi connectivity index (χ4n) is 6.12. The van der Waals surface area contributed by atoms with E-state index in [1.165, 1.54) is 11.4 Å². The first-order valence-electron chi connectivity index (χ1n) is 13.4. The van der Waals surface area contributed by atoms with Crippen molar-refractivity contribution in [2.45, 2.75) is 18.5 Å². The van der Waals surface area contributed by atoms with Gasteiger partial charge in [-0.3, -0.25) is 9.69 Å². The molecule has 0 aliphatic carbocycles. The lowest BCUT2D eigenvalue weighted by Crippen LogP contribution is -2.50. The summed E-state index contributed by atoms with van der Waals surface area (Å²) in [5, 5.41) is 0.775. The summed E-state index contributed by atoms with van der Waals surface area (Å²) in [6, 6.07) is 30.9. The van der Waals surface area contributed by atoms with Crippen LogP contribution >= 0.6 is 11.6 Å². The van der Waals surface area contributed by atoms with Crippen molar-refractivity contribution >= 4 is 23.2 Å². The van der Waals surface area contributed by atoms with Gasteiger partial charge in [0, 0.05) is 80.4 Å². The predicted octanol–water partition coefficient (Wildman–Crippen LogP) is 5.98. The average Bonchev–Trinajstić information content (AvgIpc) is 3.37. The molecule has 0 unspecified atom stereocenters. The molecule has 1 saturated heterocycles. The topological polar surface area (TPSA) is 31.7 Å². The van der Waals surface area contributed by atoms with E-state index in [-0.39, 0.29) is 17.9 Å². The van der Waals surface area contributed by atoms with Crippen molar-refractivity contribution in [1.82, 2.24) is 14.4 Å². The molecule has 194 valence electrons. The third-order valence-electron chi connectivity index (χ3n) is 8.05. The van der Waals surface area contributed by atoms with Gasteiger partial charge in [0.1, 0.15) is 0 Å². The lowest BCUT2D eigenvalue weighted by molar-refractivity contribution is 0.0543. The lowest BCUT2D eigenvalue weighted by atomic mass is 9.80. The molecule has 2 aliphatic rings. The van der Waals surface area contributed by atoms with Crippen LogP contribution in [0.4, 0.5) is 5.69 Å². The lowest BCUT2D eigenvalue weighted by Gasteiger charge is -2.45. The Kier molecular flexibility index (Phi) is 6.96. The highest BCUT2D eigenvalue weighted by atomic mass is 35.5. The third-order valence-corrected chi connectivity index (χ3v) is 8.29. The van der Waals surface area contributed by atoms with E-state index < -0.39 is 0 Å². The van der Waals surface area contributed by atoms with Gasteiger partial charge >= 0.3 is 0 Å². The number of carbonyl (C=O) groups excluding carboxylic acids is 1. The number of hydrogen-bond donors (Lipinski definition) is 0. The van der Waals surface area contributed by atoms with Crippen molar-refractivity contribution in [1.29, 1.82) is 0 Å². The van der Waals surface area contributed by atoms with Crippen LogP contribution in [0.1, 0.15) is 39.1 Å². The molecular weight excluding hydrogens is 492 g/mol. The molecule has 1 aromatic heterocycles. The van der Waals surface area contributed by atoms with Gasteiger partial charge in [0.25, 0.3) is 5.91 Å². The molecule has 6 rings (SSSR count). The maximum absolute atomic E-state index is 14.0. The van der Waals surface area contributed by atoms with Crippen LogP contribution in [0.2, 0.25) is 5.02 Å². The molecular formula is C32H33ClN4O. The number of aromatic nitrogens is 1. The Hall–Kier alpha value is -3.54. The fraction of sp³-hybridized carbons (Fsp3) is 0.281. The number of benzene rings is 3. The molecule has 1 amide bonds. The smallest absolute Gasteiger partial charge is 0.255 e. The first kappa shape index (κ1) is 24.8. The Morgan fingerprint density at radius 2 is 1.61 bits per heavy atom. The number of aryl methyl sites for hydroxylation is 1. The molecule has 5 nitrogen and oxygen atoms in total. The number of halogens is 1. The standard InChI is InChI=1S/C32H33ClN4O/c1-34-16-8-15-30(34)31-29(23-35-17-19-36(20-18-35)26-12-7-11-25(33)21-26)27-13-5-6-14-28(27)32(38)37(31)22-24-9-3-2-4-10-24/h2-16,21,29,31H,17-20,22-23H2,1H3/t29-,31-/m1/s1. The molecule has 2 atom stereocenters. The molecule has 38 heavy (non-hydrogen) atoms. The minimum atomic E-state index is -0.0523. The molecule has 2 aliphatic heterocycles. The van der Waals surface area contributed by atoms with Gasteiger partial charge in [0.2, 0.25) is 0 Å². The maximum Gasteiger partial charge on any atom is 0.255 e. The monoisotopic (exact) mass is 524 g/mol. The highest BCUT2D eigenvalue weighted by molar-refractivity contribution is 6.30. The molecule has 0 radical (unpaired) electrons. The summed E-state index contributed by atoms with van der Waals surface area (Å²) in [5.41, 5.74) is 5.49. The van der Waals surface area contributed by atoms with E-state index in [9.17, 15) is 4.79 Å². The first-order chi connectivity index (χ1) is 18.6. The van der Waals surface area contributed by atoms with Gasteiger partial charge in [-0.15, -0.1) is 0 Å². The van der Waals surface area contributed by atoms with E-state index in [0.29, 0.717) is 6.54 Å². The number of fused-ring (bicyclic) bond motifs is 1. The van der Waals surface area contributed by atoms with E-state index in [4.69, 9.17) is 11.6 Å². The number of rotatable bonds is 6. The average molecular weight is 525 g/mol. The van der Waals surface area contributed by atoms with Gasteiger partial charge < -0.3 is 14.4 Å². The minimum absolute atomic E-state index is 0.0523. The van der Waals surface area contributed by atoms with Crippen molar-refractivity contribution in [2.75, 3.05) is 37.6 Å². The van der Waals surface area contributed by atoms with Crippen molar-refractivity contribution in [3.05, 3.63) is 125 Å². The van der Waals surface area contributed by atoms with Gasteiger partial charge in [-0.1, -0.05) is 66.2 Å². The molecule has 0 spiro atoms. The Morgan fingerprint density at radius 3 is 2.34 bits per heavy atom. The van der Waals surface area contributed by atoms with Crippen LogP contribution in [0.25, 0.3) is 0 Å². The van der Waals surface area contributed by atoms with E-state index in [1.54, 1.807) is 0 Å². The molecule has 0 saturated carbocycles. The second-order valence-corrected chi connectivity index (χ2v) is 10.8. The van der Waals surface area contributed by atoms with Crippen LogP contribution in [0.3, 0.4) is 0 Å². The highest BCUT2D eigenvalue weighted by Crippen LogP contribution is 2.44. The SMILES string of the molecule is Cn1cccc1[C@H]1[C@H](CN2CCN(c3cccc(Cl)c3)CC2)c2ccccc2C(=O)N1Cc1ccccc1. The molecule has 4 aromatic rings. The largest absolute Gasteiger partial charge is 0.369 e. The fourth-order valence-corrected chi connectivity index (χ4v) is 6.30. The van der Waals surface area contributed by atoms with Gasteiger partial charge in [0.15, 0.2) is 0 Å². The summed E-state index contributed by atoms with van der Waals surface area (Å²) < 4.78 is 2.17. The van der Waals surface area contributed by atoms with Crippen molar-refractivity contribution in [2.24, 2.45) is 7.05 Å². The summed E-state index contributed by atoms with van der Waals surface area (Å²) in [4.78, 5) is 21.1. The van der Waals surface area contributed by atoms with Gasteiger partial charge in [-0.2, -0.15) is 0 Å². The van der Waals surface area contributed by atoms with Crippen LogP contribution in [0, 0.1) is 0 Å². The van der Waals surface area contributed by atoms with Crippen LogP contribution in [-0.2, 0) is 13.6 Å². The van der Waals surface area contributed by atoms with Crippen molar-refractivity contribution < 1.29 is 4.79 Å². The Morgan fingerprint density at radius 1 is 0.842 bits per heavy atom. The normalized spacial score (nSPS) is 20.0. The summed E-state index contributed by atoms with van der Waals surface area (Å²) in [6.45, 7) is 5.33. The quantitative estimate of drug-likeness (QED) is 0.311. The van der Waals surface area contributed by atoms with Crippen LogP contribution in [0.5, 0.6) is 0 Å². The molecule has 3 heterocycles. The summed E-state index contributed by atoms with van der Waals surface area (Å²) >= 11 is 6.26. The van der Waals surface area contributed by atoms with Crippen molar-refractivity contribution in [3.8, 4) is 0 Å². The van der Waals surface area contributed by atoms with Gasteiger partial charge in [-0.25, -0.2) is 0 Å². The summed E-state index contributed by atoms with van der Waals surface area (Å²) in [7, 11) is 2.09. The summed E-state index contributed by atoms with van der Waals surface area (Å²) in [6.07, 6.45) is 2.09. The number of carbonyl (C=O) groups is 1. The van der Waals surface area contributed by atoms with Crippen LogP contribution in [0.15, 0.2) is 97.2 Å². The van der Waals surface area contributed by atoms with E-state index in [0.717, 1.165) is 54.4 Å². The zero-order valence-corrected chi connectivity index (χ0v) is 22.5. The van der Waals surface area contributed by atoms with E-state index in [1.807, 2.05) is 48.5 Å². The molecule has 1 fully saturated rings. The van der Waals surface area contributed by atoms with Gasteiger partial charge in [0.05, 0.1) is 6.04 Å². The predicted molar refractivity (Wildman–Crippen MR) is 154 cm³/mol. The van der Waals surface area contributed by atoms with E-state index >= 15 is 0 Å². The van der Waals surface area contributed by atoms with Gasteiger partial charge in [-0.05, 0) is 47.5 Å². The van der Waals surface area contributed by atoms with Crippen LogP contribution in [-0.4, -0.2) is 53.0 Å².